The van der Waals surface area contributed by atoms with Crippen molar-refractivity contribution in [2.75, 3.05) is 19.6 Å². The fourth-order valence-corrected chi connectivity index (χ4v) is 3.53. The Morgan fingerprint density at radius 2 is 1.30 bits per heavy atom. The smallest absolute Gasteiger partial charge is 0.106 e. The summed E-state index contributed by atoms with van der Waals surface area (Å²) in [7, 11) is 0. The largest absolute Gasteiger partial charge is 1.00 e. The molecule has 0 fully saturated rings. The number of nitrogens with zero attached hydrogens (tertiary/aromatic N) is 1. The highest BCUT2D eigenvalue weighted by atomic mass is 35.5. The quantitative estimate of drug-likeness (QED) is 0.513. The molecule has 0 atom stereocenters. The summed E-state index contributed by atoms with van der Waals surface area (Å²) >= 11 is 12.5. The molecule has 0 aliphatic rings. The van der Waals surface area contributed by atoms with Crippen molar-refractivity contribution >= 4 is 23.2 Å². The molecule has 0 unspecified atom stereocenters. The average Bonchev–Trinajstić information content (AvgIpc) is 2.51. The van der Waals surface area contributed by atoms with Gasteiger partial charge in [0.15, 0.2) is 0 Å². The van der Waals surface area contributed by atoms with Crippen molar-refractivity contribution < 1.29 is 16.9 Å². The number of hydrogen-bond donors (Lipinski definition) is 0. The zero-order chi connectivity index (χ0) is 16.4. The van der Waals surface area contributed by atoms with Gasteiger partial charge in [0, 0.05) is 10.6 Å². The number of quaternary nitrogens is 1. The van der Waals surface area contributed by atoms with Crippen LogP contribution < -0.4 is 12.4 Å². The lowest BCUT2D eigenvalue weighted by Crippen LogP contribution is -3.00. The fourth-order valence-electron chi connectivity index (χ4n) is 3.06. The normalized spacial score (nSPS) is 11.3. The van der Waals surface area contributed by atoms with Crippen LogP contribution in [0.4, 0.5) is 0 Å². The summed E-state index contributed by atoms with van der Waals surface area (Å²) in [5.41, 5.74) is 1.24. The van der Waals surface area contributed by atoms with Crippen LogP contribution in [0.5, 0.6) is 0 Å². The lowest BCUT2D eigenvalue weighted by molar-refractivity contribution is -0.941. The van der Waals surface area contributed by atoms with Gasteiger partial charge in [0.1, 0.15) is 6.54 Å². The number of rotatable bonds is 11. The summed E-state index contributed by atoms with van der Waals surface area (Å²) in [6, 6.07) is 5.96. The van der Waals surface area contributed by atoms with Crippen molar-refractivity contribution in [3.8, 4) is 0 Å². The molecular formula is C19H32Cl3N. The summed E-state index contributed by atoms with van der Waals surface area (Å²) in [5, 5.41) is 1.54. The van der Waals surface area contributed by atoms with Gasteiger partial charge >= 0.3 is 0 Å². The second-order valence-corrected chi connectivity index (χ2v) is 7.31. The van der Waals surface area contributed by atoms with E-state index < -0.39 is 0 Å². The monoisotopic (exact) mass is 379 g/mol. The third-order valence-corrected chi connectivity index (χ3v) is 5.07. The molecule has 0 amide bonds. The SMILES string of the molecule is CCCC[N+](CCCC)(CCCC)Cc1ccc(Cl)cc1Cl.[Cl-]. The Morgan fingerprint density at radius 1 is 0.826 bits per heavy atom. The summed E-state index contributed by atoms with van der Waals surface area (Å²) in [6.45, 7) is 11.7. The first kappa shape index (κ1) is 23.1. The van der Waals surface area contributed by atoms with Crippen molar-refractivity contribution in [2.45, 2.75) is 65.8 Å². The van der Waals surface area contributed by atoms with E-state index >= 15 is 0 Å². The Hall–Kier alpha value is 0.0500. The van der Waals surface area contributed by atoms with Crippen molar-refractivity contribution in [1.29, 1.82) is 0 Å². The van der Waals surface area contributed by atoms with Crippen molar-refractivity contribution in [3.63, 3.8) is 0 Å². The predicted octanol–water partition coefficient (Wildman–Crippen LogP) is 3.71. The predicted molar refractivity (Wildman–Crippen MR) is 99.8 cm³/mol. The van der Waals surface area contributed by atoms with Gasteiger partial charge < -0.3 is 16.9 Å². The van der Waals surface area contributed by atoms with Crippen molar-refractivity contribution in [2.24, 2.45) is 0 Å². The van der Waals surface area contributed by atoms with Crippen LogP contribution in [0.25, 0.3) is 0 Å². The minimum atomic E-state index is 0. The first-order chi connectivity index (χ1) is 10.6. The molecular weight excluding hydrogens is 349 g/mol. The molecule has 1 aromatic rings. The van der Waals surface area contributed by atoms with Gasteiger partial charge in [-0.05, 0) is 31.4 Å². The fraction of sp³-hybridized carbons (Fsp3) is 0.684. The molecule has 0 aliphatic heterocycles. The first-order valence-electron chi connectivity index (χ1n) is 8.86. The van der Waals surface area contributed by atoms with E-state index in [-0.39, 0.29) is 12.4 Å². The maximum Gasteiger partial charge on any atom is 0.106 e. The lowest BCUT2D eigenvalue weighted by Gasteiger charge is -2.39. The Labute approximate surface area is 159 Å². The van der Waals surface area contributed by atoms with Crippen LogP contribution in [-0.2, 0) is 6.54 Å². The van der Waals surface area contributed by atoms with Gasteiger partial charge in [-0.2, -0.15) is 0 Å². The van der Waals surface area contributed by atoms with E-state index in [0.717, 1.165) is 16.6 Å². The maximum absolute atomic E-state index is 6.44. The van der Waals surface area contributed by atoms with Gasteiger partial charge in [-0.3, -0.25) is 0 Å². The molecule has 0 aromatic heterocycles. The van der Waals surface area contributed by atoms with Crippen LogP contribution >= 0.6 is 23.2 Å². The molecule has 0 N–H and O–H groups in total. The molecule has 0 aliphatic carbocycles. The van der Waals surface area contributed by atoms with E-state index in [1.54, 1.807) is 0 Å². The molecule has 0 saturated carbocycles. The van der Waals surface area contributed by atoms with Gasteiger partial charge in [-0.15, -0.1) is 0 Å². The van der Waals surface area contributed by atoms with Crippen LogP contribution in [0.15, 0.2) is 18.2 Å². The second kappa shape index (κ2) is 12.4. The molecule has 1 nitrogen and oxygen atoms in total. The third kappa shape index (κ3) is 8.12. The zero-order valence-corrected chi connectivity index (χ0v) is 17.2. The highest BCUT2D eigenvalue weighted by Gasteiger charge is 2.27. The molecule has 0 heterocycles. The van der Waals surface area contributed by atoms with Gasteiger partial charge in [-0.1, -0.05) is 69.3 Å². The van der Waals surface area contributed by atoms with Crippen molar-refractivity contribution in [1.82, 2.24) is 0 Å². The topological polar surface area (TPSA) is 0 Å². The second-order valence-electron chi connectivity index (χ2n) is 6.47. The van der Waals surface area contributed by atoms with E-state index in [4.69, 9.17) is 23.2 Å². The Balaban J connectivity index is 0.00000484. The maximum atomic E-state index is 6.44. The number of halogens is 3. The van der Waals surface area contributed by atoms with Crippen molar-refractivity contribution in [3.05, 3.63) is 33.8 Å². The van der Waals surface area contributed by atoms with E-state index in [0.29, 0.717) is 0 Å². The zero-order valence-electron chi connectivity index (χ0n) is 14.9. The lowest BCUT2D eigenvalue weighted by atomic mass is 10.1. The van der Waals surface area contributed by atoms with E-state index in [9.17, 15) is 0 Å². The Morgan fingerprint density at radius 3 is 1.70 bits per heavy atom. The molecule has 1 aromatic carbocycles. The van der Waals surface area contributed by atoms with Crippen LogP contribution in [-0.4, -0.2) is 24.1 Å². The minimum Gasteiger partial charge on any atom is -1.00 e. The molecule has 0 spiro atoms. The highest BCUT2D eigenvalue weighted by Crippen LogP contribution is 2.26. The molecule has 0 bridgehead atoms. The molecule has 4 heteroatoms. The number of hydrogen-bond acceptors (Lipinski definition) is 0. The summed E-state index contributed by atoms with van der Waals surface area (Å²) in [5.74, 6) is 0. The van der Waals surface area contributed by atoms with Gasteiger partial charge in [0.05, 0.1) is 24.7 Å². The molecule has 134 valence electrons. The average molecular weight is 381 g/mol. The first-order valence-corrected chi connectivity index (χ1v) is 9.61. The van der Waals surface area contributed by atoms with E-state index in [1.165, 1.54) is 68.2 Å². The van der Waals surface area contributed by atoms with Crippen LogP contribution in [0.2, 0.25) is 10.0 Å². The number of benzene rings is 1. The van der Waals surface area contributed by atoms with Crippen LogP contribution in [0.3, 0.4) is 0 Å². The molecule has 0 radical (unpaired) electrons. The molecule has 1 rings (SSSR count). The molecule has 23 heavy (non-hydrogen) atoms. The summed E-state index contributed by atoms with van der Waals surface area (Å²) in [6.07, 6.45) is 7.64. The highest BCUT2D eigenvalue weighted by molar-refractivity contribution is 6.35. The standard InChI is InChI=1S/C19H32Cl2N.ClH/c1-4-7-12-22(13-8-5-2,14-9-6-3)16-17-10-11-18(20)15-19(17)21;/h10-11,15H,4-9,12-14,16H2,1-3H3;1H/q+1;/p-1. The van der Waals surface area contributed by atoms with E-state index in [2.05, 4.69) is 26.8 Å². The van der Waals surface area contributed by atoms with Crippen LogP contribution in [0, 0.1) is 0 Å². The third-order valence-electron chi connectivity index (χ3n) is 4.48. The van der Waals surface area contributed by atoms with Gasteiger partial charge in [-0.25, -0.2) is 0 Å². The Bertz CT molecular complexity index is 413. The van der Waals surface area contributed by atoms with Gasteiger partial charge in [0.25, 0.3) is 0 Å². The molecule has 0 saturated heterocycles. The summed E-state index contributed by atoms with van der Waals surface area (Å²) in [4.78, 5) is 0. The minimum absolute atomic E-state index is 0. The summed E-state index contributed by atoms with van der Waals surface area (Å²) < 4.78 is 1.18. The van der Waals surface area contributed by atoms with Crippen LogP contribution in [0.1, 0.15) is 64.9 Å². The van der Waals surface area contributed by atoms with Gasteiger partial charge in [0.2, 0.25) is 0 Å². The number of unbranched alkanes of at least 4 members (excludes halogenated alkanes) is 3. The van der Waals surface area contributed by atoms with E-state index in [1.807, 2.05) is 12.1 Å². The Kier molecular flexibility index (Phi) is 12.4.